The van der Waals surface area contributed by atoms with Crippen LogP contribution in [0.4, 0.5) is 10.1 Å². The van der Waals surface area contributed by atoms with Crippen LogP contribution in [0.5, 0.6) is 0 Å². The second-order valence-electron chi connectivity index (χ2n) is 8.12. The molecule has 32 heavy (non-hydrogen) atoms. The fourth-order valence-electron chi connectivity index (χ4n) is 5.13. The predicted octanol–water partition coefficient (Wildman–Crippen LogP) is 3.19. The molecule has 2 amide bonds. The molecule has 5 rings (SSSR count). The Hall–Kier alpha value is -3.03. The van der Waals surface area contributed by atoms with E-state index in [0.29, 0.717) is 11.3 Å². The third-order valence-corrected chi connectivity index (χ3v) is 6.82. The lowest BCUT2D eigenvalue weighted by Crippen LogP contribution is -2.49. The number of halogens is 2. The number of ether oxygens (including phenoxy) is 1. The molecule has 0 saturated carbocycles. The standard InChI is InChI=1S/C24H20ClFN2O4/c1-32-11-10-27-23(30)19-18-8-6-13-12-14(26)7-9-17(13)28(18)21(20(19)24(27)31)22(29)15-4-2-3-5-16(15)25/h2-9,12,18-21H,10-11H2,1H3/t18-,19-,20+,21-/m0/s1. The van der Waals surface area contributed by atoms with Crippen molar-refractivity contribution in [2.75, 3.05) is 25.2 Å². The second-order valence-corrected chi connectivity index (χ2v) is 8.53. The number of anilines is 1. The Bertz CT molecular complexity index is 1170. The number of amides is 2. The smallest absolute Gasteiger partial charge is 0.235 e. The summed E-state index contributed by atoms with van der Waals surface area (Å²) in [6.45, 7) is 0.346. The van der Waals surface area contributed by atoms with Gasteiger partial charge < -0.3 is 9.64 Å². The van der Waals surface area contributed by atoms with Crippen LogP contribution in [0.15, 0.2) is 48.5 Å². The molecule has 2 aromatic rings. The average molecular weight is 455 g/mol. The van der Waals surface area contributed by atoms with Crippen LogP contribution in [-0.2, 0) is 14.3 Å². The summed E-state index contributed by atoms with van der Waals surface area (Å²) < 4.78 is 18.9. The van der Waals surface area contributed by atoms with Crippen molar-refractivity contribution in [2.24, 2.45) is 11.8 Å². The van der Waals surface area contributed by atoms with Crippen molar-refractivity contribution in [1.82, 2.24) is 4.90 Å². The van der Waals surface area contributed by atoms with Crippen molar-refractivity contribution in [3.05, 3.63) is 70.5 Å². The van der Waals surface area contributed by atoms with Gasteiger partial charge in [0.05, 0.1) is 36.1 Å². The fourth-order valence-corrected chi connectivity index (χ4v) is 5.36. The number of rotatable bonds is 5. The molecule has 6 nitrogen and oxygen atoms in total. The summed E-state index contributed by atoms with van der Waals surface area (Å²) in [7, 11) is 1.50. The SMILES string of the molecule is COCCN1C(=O)[C@@H]2[C@@H](C1=O)[C@@H]1C=Cc3cc(F)ccc3N1[C@@H]2C(=O)c1ccccc1Cl. The molecule has 0 bridgehead atoms. The Kier molecular flexibility index (Phi) is 5.10. The minimum Gasteiger partial charge on any atom is -0.383 e. The highest BCUT2D eigenvalue weighted by Gasteiger charge is 2.63. The summed E-state index contributed by atoms with van der Waals surface area (Å²) in [4.78, 5) is 43.5. The van der Waals surface area contributed by atoms with E-state index in [9.17, 15) is 18.8 Å². The number of likely N-dealkylation sites (tertiary alicyclic amines) is 1. The molecule has 164 valence electrons. The molecule has 3 aliphatic heterocycles. The molecule has 2 fully saturated rings. The van der Waals surface area contributed by atoms with E-state index >= 15 is 0 Å². The van der Waals surface area contributed by atoms with Crippen LogP contribution < -0.4 is 4.90 Å². The van der Waals surface area contributed by atoms with Crippen molar-refractivity contribution < 1.29 is 23.5 Å². The Morgan fingerprint density at radius 3 is 2.62 bits per heavy atom. The van der Waals surface area contributed by atoms with Crippen LogP contribution in [0.3, 0.4) is 0 Å². The highest BCUT2D eigenvalue weighted by atomic mass is 35.5. The van der Waals surface area contributed by atoms with Crippen LogP contribution in [0.25, 0.3) is 6.08 Å². The van der Waals surface area contributed by atoms with Crippen LogP contribution in [-0.4, -0.2) is 54.8 Å². The molecule has 0 aliphatic carbocycles. The first-order chi connectivity index (χ1) is 15.4. The topological polar surface area (TPSA) is 66.9 Å². The van der Waals surface area contributed by atoms with E-state index in [2.05, 4.69) is 0 Å². The summed E-state index contributed by atoms with van der Waals surface area (Å²) in [6.07, 6.45) is 3.53. The van der Waals surface area contributed by atoms with Gasteiger partial charge in [0.2, 0.25) is 11.8 Å². The van der Waals surface area contributed by atoms with Gasteiger partial charge in [0.25, 0.3) is 0 Å². The van der Waals surface area contributed by atoms with E-state index in [-0.39, 0.29) is 35.4 Å². The van der Waals surface area contributed by atoms with Crippen molar-refractivity contribution >= 4 is 41.0 Å². The van der Waals surface area contributed by atoms with Crippen LogP contribution in [0.1, 0.15) is 15.9 Å². The van der Waals surface area contributed by atoms with Crippen LogP contribution in [0, 0.1) is 17.7 Å². The Labute approximate surface area is 189 Å². The van der Waals surface area contributed by atoms with Gasteiger partial charge in [-0.2, -0.15) is 0 Å². The van der Waals surface area contributed by atoms with Crippen molar-refractivity contribution in [3.63, 3.8) is 0 Å². The fraction of sp³-hybridized carbons (Fsp3) is 0.292. The molecule has 8 heteroatoms. The number of carbonyl (C=O) groups excluding carboxylic acids is 3. The maximum atomic E-state index is 13.9. The highest BCUT2D eigenvalue weighted by Crippen LogP contribution is 2.49. The van der Waals surface area contributed by atoms with E-state index < -0.39 is 35.6 Å². The zero-order valence-electron chi connectivity index (χ0n) is 17.2. The molecule has 3 heterocycles. The minimum atomic E-state index is -0.942. The molecule has 2 saturated heterocycles. The molecule has 2 aromatic carbocycles. The van der Waals surface area contributed by atoms with E-state index in [1.807, 2.05) is 0 Å². The van der Waals surface area contributed by atoms with E-state index in [0.717, 1.165) is 0 Å². The van der Waals surface area contributed by atoms with E-state index in [4.69, 9.17) is 16.3 Å². The molecule has 4 atom stereocenters. The summed E-state index contributed by atoms with van der Waals surface area (Å²) in [5, 5.41) is 0.275. The molecular weight excluding hydrogens is 435 g/mol. The van der Waals surface area contributed by atoms with Crippen LogP contribution in [0.2, 0.25) is 5.02 Å². The Morgan fingerprint density at radius 1 is 1.12 bits per heavy atom. The highest BCUT2D eigenvalue weighted by molar-refractivity contribution is 6.34. The number of imide groups is 1. The number of benzene rings is 2. The summed E-state index contributed by atoms with van der Waals surface area (Å²) in [5.74, 6) is -3.05. The molecule has 0 aromatic heterocycles. The first kappa shape index (κ1) is 20.8. The largest absolute Gasteiger partial charge is 0.383 e. The first-order valence-corrected chi connectivity index (χ1v) is 10.7. The average Bonchev–Trinajstić information content (AvgIpc) is 3.25. The number of hydrogen-bond donors (Lipinski definition) is 0. The van der Waals surface area contributed by atoms with E-state index in [1.165, 1.54) is 24.1 Å². The van der Waals surface area contributed by atoms with Crippen molar-refractivity contribution in [2.45, 2.75) is 12.1 Å². The number of hydrogen-bond acceptors (Lipinski definition) is 5. The lowest BCUT2D eigenvalue weighted by Gasteiger charge is -2.36. The monoisotopic (exact) mass is 454 g/mol. The van der Waals surface area contributed by atoms with Gasteiger partial charge in [-0.25, -0.2) is 4.39 Å². The lowest BCUT2D eigenvalue weighted by atomic mass is 9.86. The summed E-state index contributed by atoms with van der Waals surface area (Å²) in [6, 6.07) is 9.49. The summed E-state index contributed by atoms with van der Waals surface area (Å²) >= 11 is 6.32. The number of fused-ring (bicyclic) bond motifs is 5. The van der Waals surface area contributed by atoms with Crippen molar-refractivity contribution in [1.29, 1.82) is 0 Å². The number of methoxy groups -OCH3 is 1. The maximum absolute atomic E-state index is 13.9. The molecule has 0 N–H and O–H groups in total. The quantitative estimate of drug-likeness (QED) is 0.512. The van der Waals surface area contributed by atoms with Gasteiger partial charge in [-0.05, 0) is 30.3 Å². The van der Waals surface area contributed by atoms with Crippen molar-refractivity contribution in [3.8, 4) is 0 Å². The zero-order chi connectivity index (χ0) is 22.6. The van der Waals surface area contributed by atoms with Gasteiger partial charge >= 0.3 is 0 Å². The molecule has 3 aliphatic rings. The third kappa shape index (κ3) is 2.99. The van der Waals surface area contributed by atoms with Crippen LogP contribution >= 0.6 is 11.6 Å². The molecule has 0 spiro atoms. The normalized spacial score (nSPS) is 25.7. The number of nitrogens with zero attached hydrogens (tertiary/aromatic N) is 2. The zero-order valence-corrected chi connectivity index (χ0v) is 18.0. The number of ketones is 1. The van der Waals surface area contributed by atoms with Gasteiger partial charge in [-0.1, -0.05) is 35.9 Å². The Balaban J connectivity index is 1.64. The second kappa shape index (κ2) is 7.83. The van der Waals surface area contributed by atoms with Gasteiger partial charge in [0, 0.05) is 23.9 Å². The van der Waals surface area contributed by atoms with E-state index in [1.54, 1.807) is 47.4 Å². The first-order valence-electron chi connectivity index (χ1n) is 10.3. The number of Topliss-reactive ketones (excluding diaryl/α,β-unsaturated/α-hetero) is 1. The van der Waals surface area contributed by atoms with Gasteiger partial charge in [-0.15, -0.1) is 0 Å². The molecule has 0 unspecified atom stereocenters. The maximum Gasteiger partial charge on any atom is 0.235 e. The third-order valence-electron chi connectivity index (χ3n) is 6.49. The van der Waals surface area contributed by atoms with Gasteiger partial charge in [-0.3, -0.25) is 19.3 Å². The predicted molar refractivity (Wildman–Crippen MR) is 117 cm³/mol. The summed E-state index contributed by atoms with van der Waals surface area (Å²) in [5.41, 5.74) is 1.49. The minimum absolute atomic E-state index is 0.131. The van der Waals surface area contributed by atoms with Gasteiger partial charge in [0.15, 0.2) is 5.78 Å². The Morgan fingerprint density at radius 2 is 1.88 bits per heavy atom. The number of carbonyl (C=O) groups is 3. The molecular formula is C24H20ClFN2O4. The molecule has 0 radical (unpaired) electrons. The van der Waals surface area contributed by atoms with Gasteiger partial charge in [0.1, 0.15) is 11.9 Å². The lowest BCUT2D eigenvalue weighted by molar-refractivity contribution is -0.141.